The van der Waals surface area contributed by atoms with Crippen LogP contribution in [0.2, 0.25) is 0 Å². The fourth-order valence-electron chi connectivity index (χ4n) is 2.81. The van der Waals surface area contributed by atoms with Gasteiger partial charge in [0.1, 0.15) is 18.1 Å². The topological polar surface area (TPSA) is 94.8 Å². The van der Waals surface area contributed by atoms with Crippen LogP contribution in [0.5, 0.6) is 5.75 Å². The minimum atomic E-state index is -0.642. The van der Waals surface area contributed by atoms with E-state index in [-0.39, 0.29) is 43.2 Å². The summed E-state index contributed by atoms with van der Waals surface area (Å²) < 4.78 is 29.2. The molecule has 4 rings (SSSR count). The lowest BCUT2D eigenvalue weighted by atomic mass is 10.1. The molecule has 0 radical (unpaired) electrons. The molecule has 2 heterocycles. The molecule has 29 heavy (non-hydrogen) atoms. The second kappa shape index (κ2) is 7.70. The number of anilines is 1. The van der Waals surface area contributed by atoms with Crippen molar-refractivity contribution in [3.05, 3.63) is 59.7 Å². The van der Waals surface area contributed by atoms with Gasteiger partial charge in [-0.2, -0.15) is 4.98 Å². The summed E-state index contributed by atoms with van der Waals surface area (Å²) in [5, 5.41) is 3.77. The molecule has 0 N–H and O–H groups in total. The normalized spacial score (nSPS) is 13.0. The first-order valence-corrected chi connectivity index (χ1v) is 8.78. The summed E-state index contributed by atoms with van der Waals surface area (Å²) in [6.45, 7) is 0.964. The van der Waals surface area contributed by atoms with E-state index in [4.69, 9.17) is 14.0 Å². The molecule has 1 aromatic heterocycles. The second-order valence-corrected chi connectivity index (χ2v) is 6.37. The predicted molar refractivity (Wildman–Crippen MR) is 98.5 cm³/mol. The van der Waals surface area contributed by atoms with Crippen LogP contribution in [-0.4, -0.2) is 35.2 Å². The SMILES string of the molecule is Cc1ccc(-c2noc(COC(=O)CN3C(=O)COc4ccccc43)n2)cc1F. The summed E-state index contributed by atoms with van der Waals surface area (Å²) in [5.41, 5.74) is 1.46. The molecule has 1 aliphatic heterocycles. The molecule has 8 nitrogen and oxygen atoms in total. The van der Waals surface area contributed by atoms with E-state index in [1.54, 1.807) is 43.3 Å². The van der Waals surface area contributed by atoms with E-state index in [0.29, 0.717) is 22.6 Å². The van der Waals surface area contributed by atoms with E-state index in [1.807, 2.05) is 0 Å². The van der Waals surface area contributed by atoms with Crippen molar-refractivity contribution in [1.82, 2.24) is 10.1 Å². The summed E-state index contributed by atoms with van der Waals surface area (Å²) in [6, 6.07) is 11.5. The van der Waals surface area contributed by atoms with Gasteiger partial charge in [-0.3, -0.25) is 14.5 Å². The molecular weight excluding hydrogens is 381 g/mol. The number of para-hydroxylation sites is 2. The van der Waals surface area contributed by atoms with E-state index in [0.717, 1.165) is 0 Å². The number of ether oxygens (including phenoxy) is 2. The molecule has 3 aromatic rings. The highest BCUT2D eigenvalue weighted by atomic mass is 19.1. The Bertz CT molecular complexity index is 1080. The van der Waals surface area contributed by atoms with Crippen LogP contribution in [0, 0.1) is 12.7 Å². The second-order valence-electron chi connectivity index (χ2n) is 6.37. The smallest absolute Gasteiger partial charge is 0.326 e. The maximum Gasteiger partial charge on any atom is 0.326 e. The predicted octanol–water partition coefficient (Wildman–Crippen LogP) is 2.65. The first-order valence-electron chi connectivity index (χ1n) is 8.78. The first kappa shape index (κ1) is 18.6. The summed E-state index contributed by atoms with van der Waals surface area (Å²) in [6.07, 6.45) is 0. The maximum atomic E-state index is 13.7. The van der Waals surface area contributed by atoms with Crippen molar-refractivity contribution in [2.24, 2.45) is 0 Å². The number of carbonyl (C=O) groups is 2. The van der Waals surface area contributed by atoms with Crippen LogP contribution in [0.3, 0.4) is 0 Å². The minimum absolute atomic E-state index is 0.0584. The molecule has 0 fully saturated rings. The van der Waals surface area contributed by atoms with Crippen LogP contribution in [0.4, 0.5) is 10.1 Å². The third-order valence-corrected chi connectivity index (χ3v) is 4.35. The summed E-state index contributed by atoms with van der Waals surface area (Å²) in [5.74, 6) is -0.601. The number of halogens is 1. The number of hydrogen-bond donors (Lipinski definition) is 0. The minimum Gasteiger partial charge on any atom is -0.482 e. The van der Waals surface area contributed by atoms with Crippen molar-refractivity contribution < 1.29 is 28.0 Å². The lowest BCUT2D eigenvalue weighted by Crippen LogP contribution is -2.42. The molecule has 0 spiro atoms. The van der Waals surface area contributed by atoms with Gasteiger partial charge in [-0.1, -0.05) is 29.4 Å². The van der Waals surface area contributed by atoms with Crippen molar-refractivity contribution in [2.45, 2.75) is 13.5 Å². The quantitative estimate of drug-likeness (QED) is 0.611. The van der Waals surface area contributed by atoms with Crippen LogP contribution >= 0.6 is 0 Å². The lowest BCUT2D eigenvalue weighted by Gasteiger charge is -2.28. The number of hydrogen-bond acceptors (Lipinski definition) is 7. The summed E-state index contributed by atoms with van der Waals surface area (Å²) in [4.78, 5) is 29.7. The number of rotatable bonds is 5. The van der Waals surface area contributed by atoms with Crippen molar-refractivity contribution in [3.8, 4) is 17.1 Å². The standard InChI is InChI=1S/C20H16FN3O5/c1-12-6-7-13(8-14(12)21)20-22-17(29-23-20)10-28-19(26)9-24-15-4-2-3-5-16(15)27-11-18(24)25/h2-8H,9-11H2,1H3. The third-order valence-electron chi connectivity index (χ3n) is 4.35. The number of aryl methyl sites for hydroxylation is 1. The Balaban J connectivity index is 1.39. The van der Waals surface area contributed by atoms with Gasteiger partial charge in [-0.25, -0.2) is 4.39 Å². The highest BCUT2D eigenvalue weighted by molar-refractivity contribution is 6.01. The molecule has 0 saturated heterocycles. The van der Waals surface area contributed by atoms with E-state index in [9.17, 15) is 14.0 Å². The van der Waals surface area contributed by atoms with E-state index in [1.165, 1.54) is 11.0 Å². The Kier molecular flexibility index (Phi) is 4.94. The van der Waals surface area contributed by atoms with Crippen molar-refractivity contribution >= 4 is 17.6 Å². The molecule has 0 aliphatic carbocycles. The Hall–Kier alpha value is -3.75. The van der Waals surface area contributed by atoms with Crippen LogP contribution in [-0.2, 0) is 20.9 Å². The zero-order valence-corrected chi connectivity index (χ0v) is 15.4. The van der Waals surface area contributed by atoms with Crippen molar-refractivity contribution in [1.29, 1.82) is 0 Å². The molecule has 0 saturated carbocycles. The van der Waals surface area contributed by atoms with Gasteiger partial charge in [0, 0.05) is 5.56 Å². The van der Waals surface area contributed by atoms with Crippen LogP contribution in [0.25, 0.3) is 11.4 Å². The van der Waals surface area contributed by atoms with Gasteiger partial charge in [0.15, 0.2) is 13.2 Å². The summed E-state index contributed by atoms with van der Waals surface area (Å²) >= 11 is 0. The Morgan fingerprint density at radius 1 is 1.28 bits per heavy atom. The lowest BCUT2D eigenvalue weighted by molar-refractivity contribution is -0.145. The number of carbonyl (C=O) groups excluding carboxylic acids is 2. The zero-order chi connectivity index (χ0) is 20.4. The molecule has 0 unspecified atom stereocenters. The molecule has 148 valence electrons. The fraction of sp³-hybridized carbons (Fsp3) is 0.200. The number of benzene rings is 2. The zero-order valence-electron chi connectivity index (χ0n) is 15.4. The Morgan fingerprint density at radius 2 is 2.10 bits per heavy atom. The van der Waals surface area contributed by atoms with E-state index in [2.05, 4.69) is 10.1 Å². The Morgan fingerprint density at radius 3 is 2.93 bits per heavy atom. The monoisotopic (exact) mass is 397 g/mol. The molecule has 0 atom stereocenters. The summed E-state index contributed by atoms with van der Waals surface area (Å²) in [7, 11) is 0. The average molecular weight is 397 g/mol. The van der Waals surface area contributed by atoms with E-state index < -0.39 is 5.97 Å². The maximum absolute atomic E-state index is 13.7. The number of fused-ring (bicyclic) bond motifs is 1. The number of nitrogens with zero attached hydrogens (tertiary/aromatic N) is 3. The fourth-order valence-corrected chi connectivity index (χ4v) is 2.81. The highest BCUT2D eigenvalue weighted by Gasteiger charge is 2.27. The molecular formula is C20H16FN3O5. The first-order chi connectivity index (χ1) is 14.0. The highest BCUT2D eigenvalue weighted by Crippen LogP contribution is 2.31. The van der Waals surface area contributed by atoms with Gasteiger partial charge < -0.3 is 14.0 Å². The van der Waals surface area contributed by atoms with Gasteiger partial charge in [0.25, 0.3) is 11.8 Å². The third kappa shape index (κ3) is 3.93. The van der Waals surface area contributed by atoms with Crippen LogP contribution < -0.4 is 9.64 Å². The van der Waals surface area contributed by atoms with Crippen LogP contribution in [0.1, 0.15) is 11.5 Å². The van der Waals surface area contributed by atoms with Crippen molar-refractivity contribution in [3.63, 3.8) is 0 Å². The van der Waals surface area contributed by atoms with Gasteiger partial charge in [-0.15, -0.1) is 0 Å². The van der Waals surface area contributed by atoms with Gasteiger partial charge >= 0.3 is 5.97 Å². The number of amides is 1. The average Bonchev–Trinajstić information content (AvgIpc) is 3.20. The van der Waals surface area contributed by atoms with Gasteiger partial charge in [0.2, 0.25) is 5.82 Å². The van der Waals surface area contributed by atoms with Gasteiger partial charge in [0.05, 0.1) is 5.69 Å². The molecule has 2 aromatic carbocycles. The molecule has 1 aliphatic rings. The Labute approximate surface area is 164 Å². The van der Waals surface area contributed by atoms with Gasteiger partial charge in [-0.05, 0) is 30.7 Å². The molecule has 9 heteroatoms. The van der Waals surface area contributed by atoms with E-state index >= 15 is 0 Å². The molecule has 0 bridgehead atoms. The molecule has 1 amide bonds. The number of aromatic nitrogens is 2. The van der Waals surface area contributed by atoms with Crippen LogP contribution in [0.15, 0.2) is 47.0 Å². The number of esters is 1. The van der Waals surface area contributed by atoms with Crippen molar-refractivity contribution in [2.75, 3.05) is 18.1 Å². The largest absolute Gasteiger partial charge is 0.482 e.